The Bertz CT molecular complexity index is 858. The van der Waals surface area contributed by atoms with Crippen LogP contribution in [0.3, 0.4) is 0 Å². The first-order chi connectivity index (χ1) is 13.0. The van der Waals surface area contributed by atoms with Gasteiger partial charge in [0.15, 0.2) is 5.69 Å². The molecule has 1 amide bonds. The van der Waals surface area contributed by atoms with Crippen LogP contribution in [0.2, 0.25) is 0 Å². The summed E-state index contributed by atoms with van der Waals surface area (Å²) >= 11 is 0. The second kappa shape index (κ2) is 6.77. The molecule has 1 saturated carbocycles. The molecule has 1 saturated heterocycles. The van der Waals surface area contributed by atoms with Crippen molar-refractivity contribution in [1.82, 2.24) is 10.3 Å². The zero-order valence-electron chi connectivity index (χ0n) is 14.7. The summed E-state index contributed by atoms with van der Waals surface area (Å²) < 4.78 is 37.2. The summed E-state index contributed by atoms with van der Waals surface area (Å²) in [6, 6.07) is 6.31. The first kappa shape index (κ1) is 17.7. The first-order valence-corrected chi connectivity index (χ1v) is 8.63. The summed E-state index contributed by atoms with van der Waals surface area (Å²) in [6.45, 7) is 1.51. The number of pyridine rings is 1. The zero-order chi connectivity index (χ0) is 19.0. The van der Waals surface area contributed by atoms with E-state index in [1.54, 1.807) is 12.1 Å². The fraction of sp³-hybridized carbons (Fsp3) is 0.368. The lowest BCUT2D eigenvalue weighted by molar-refractivity contribution is -0.165. The molecule has 0 atom stereocenters. The Balaban J connectivity index is 1.49. The highest BCUT2D eigenvalue weighted by atomic mass is 19.1. The molecule has 2 aliphatic rings. The SMILES string of the molecule is COc1ccc(Nc2cc(F)cc(F)c2)nc1C(=O)NC1CC2(COC2)C1. The van der Waals surface area contributed by atoms with Crippen LogP contribution in [-0.2, 0) is 4.74 Å². The molecule has 1 spiro atoms. The number of hydrogen-bond acceptors (Lipinski definition) is 5. The Morgan fingerprint density at radius 3 is 2.52 bits per heavy atom. The Kier molecular flexibility index (Phi) is 4.43. The van der Waals surface area contributed by atoms with Gasteiger partial charge in [0, 0.05) is 23.2 Å². The van der Waals surface area contributed by atoms with E-state index in [4.69, 9.17) is 9.47 Å². The summed E-state index contributed by atoms with van der Waals surface area (Å²) in [5.41, 5.74) is 0.549. The molecule has 1 aromatic heterocycles. The van der Waals surface area contributed by atoms with Crippen LogP contribution < -0.4 is 15.4 Å². The van der Waals surface area contributed by atoms with Crippen LogP contribution in [0, 0.1) is 17.0 Å². The predicted octanol–water partition coefficient (Wildman–Crippen LogP) is 3.02. The average Bonchev–Trinajstić information content (AvgIpc) is 2.54. The molecule has 142 valence electrons. The first-order valence-electron chi connectivity index (χ1n) is 8.63. The summed E-state index contributed by atoms with van der Waals surface area (Å²) in [6.07, 6.45) is 1.78. The van der Waals surface area contributed by atoms with Crippen LogP contribution in [0.25, 0.3) is 0 Å². The number of nitrogens with one attached hydrogen (secondary N) is 2. The molecule has 2 N–H and O–H groups in total. The molecular formula is C19H19F2N3O3. The predicted molar refractivity (Wildman–Crippen MR) is 94.2 cm³/mol. The van der Waals surface area contributed by atoms with E-state index in [0.29, 0.717) is 5.75 Å². The molecule has 1 aliphatic heterocycles. The minimum atomic E-state index is -0.706. The van der Waals surface area contributed by atoms with Gasteiger partial charge in [0.25, 0.3) is 5.91 Å². The minimum absolute atomic E-state index is 0.0850. The Morgan fingerprint density at radius 1 is 1.22 bits per heavy atom. The Hall–Kier alpha value is -2.74. The normalized spacial score (nSPS) is 17.7. The fourth-order valence-electron chi connectivity index (χ4n) is 3.59. The smallest absolute Gasteiger partial charge is 0.274 e. The van der Waals surface area contributed by atoms with Gasteiger partial charge in [-0.25, -0.2) is 13.8 Å². The van der Waals surface area contributed by atoms with Crippen LogP contribution in [0.15, 0.2) is 30.3 Å². The maximum atomic E-state index is 13.3. The third-order valence-corrected chi connectivity index (χ3v) is 4.94. The lowest BCUT2D eigenvalue weighted by atomic mass is 9.64. The van der Waals surface area contributed by atoms with Gasteiger partial charge in [-0.3, -0.25) is 4.79 Å². The fourth-order valence-corrected chi connectivity index (χ4v) is 3.59. The molecule has 1 aromatic carbocycles. The maximum Gasteiger partial charge on any atom is 0.274 e. The maximum absolute atomic E-state index is 13.3. The monoisotopic (exact) mass is 375 g/mol. The molecule has 27 heavy (non-hydrogen) atoms. The highest BCUT2D eigenvalue weighted by Crippen LogP contribution is 2.46. The standard InChI is InChI=1S/C19H19F2N3O3/c1-26-15-2-3-16(22-13-5-11(20)4-12(21)6-13)24-17(15)18(25)23-14-7-19(8-14)9-27-10-19/h2-6,14H,7-10H2,1H3,(H,22,24)(H,23,25). The quantitative estimate of drug-likeness (QED) is 0.841. The zero-order valence-corrected chi connectivity index (χ0v) is 14.7. The van der Waals surface area contributed by atoms with E-state index in [0.717, 1.165) is 44.3 Å². The van der Waals surface area contributed by atoms with Crippen molar-refractivity contribution in [2.24, 2.45) is 5.41 Å². The highest BCUT2D eigenvalue weighted by Gasteiger charge is 2.50. The van der Waals surface area contributed by atoms with E-state index in [9.17, 15) is 13.6 Å². The van der Waals surface area contributed by atoms with Crippen molar-refractivity contribution in [1.29, 1.82) is 0 Å². The number of nitrogens with zero attached hydrogens (tertiary/aromatic N) is 1. The summed E-state index contributed by atoms with van der Waals surface area (Å²) in [5, 5.41) is 5.76. The molecule has 0 radical (unpaired) electrons. The van der Waals surface area contributed by atoms with E-state index >= 15 is 0 Å². The number of methoxy groups -OCH3 is 1. The number of carbonyl (C=O) groups is 1. The topological polar surface area (TPSA) is 72.5 Å². The van der Waals surface area contributed by atoms with Gasteiger partial charge in [0.1, 0.15) is 23.2 Å². The third-order valence-electron chi connectivity index (χ3n) is 4.94. The van der Waals surface area contributed by atoms with Crippen molar-refractivity contribution in [2.75, 3.05) is 25.6 Å². The number of halogens is 2. The molecular weight excluding hydrogens is 356 g/mol. The molecule has 2 aromatic rings. The second-order valence-corrected chi connectivity index (χ2v) is 7.10. The number of hydrogen-bond donors (Lipinski definition) is 2. The number of amides is 1. The van der Waals surface area contributed by atoms with Crippen LogP contribution in [0.5, 0.6) is 5.75 Å². The number of anilines is 2. The van der Waals surface area contributed by atoms with E-state index in [1.807, 2.05) is 0 Å². The Labute approximate surface area is 154 Å². The van der Waals surface area contributed by atoms with Crippen molar-refractivity contribution in [3.05, 3.63) is 47.7 Å². The number of aromatic nitrogens is 1. The highest BCUT2D eigenvalue weighted by molar-refractivity contribution is 5.95. The van der Waals surface area contributed by atoms with Crippen molar-refractivity contribution < 1.29 is 23.0 Å². The molecule has 2 heterocycles. The molecule has 0 bridgehead atoms. The van der Waals surface area contributed by atoms with Crippen LogP contribution in [-0.4, -0.2) is 37.3 Å². The Morgan fingerprint density at radius 2 is 1.93 bits per heavy atom. The number of rotatable bonds is 5. The molecule has 6 nitrogen and oxygen atoms in total. The molecule has 4 rings (SSSR count). The van der Waals surface area contributed by atoms with Crippen molar-refractivity contribution in [3.63, 3.8) is 0 Å². The summed E-state index contributed by atoms with van der Waals surface area (Å²) in [5.74, 6) is -1.15. The van der Waals surface area contributed by atoms with Gasteiger partial charge >= 0.3 is 0 Å². The van der Waals surface area contributed by atoms with Gasteiger partial charge in [0.05, 0.1) is 20.3 Å². The minimum Gasteiger partial charge on any atom is -0.494 e. The van der Waals surface area contributed by atoms with E-state index in [-0.39, 0.29) is 34.6 Å². The second-order valence-electron chi connectivity index (χ2n) is 7.10. The molecule has 8 heteroatoms. The van der Waals surface area contributed by atoms with E-state index in [2.05, 4.69) is 15.6 Å². The van der Waals surface area contributed by atoms with Crippen LogP contribution >= 0.6 is 0 Å². The van der Waals surface area contributed by atoms with Gasteiger partial charge in [-0.15, -0.1) is 0 Å². The third kappa shape index (κ3) is 3.57. The molecule has 1 aliphatic carbocycles. The number of benzene rings is 1. The van der Waals surface area contributed by atoms with Crippen LogP contribution in [0.1, 0.15) is 23.3 Å². The van der Waals surface area contributed by atoms with Crippen LogP contribution in [0.4, 0.5) is 20.3 Å². The lowest BCUT2D eigenvalue weighted by Gasteiger charge is -2.53. The van der Waals surface area contributed by atoms with Crippen molar-refractivity contribution >= 4 is 17.4 Å². The van der Waals surface area contributed by atoms with Gasteiger partial charge in [-0.1, -0.05) is 0 Å². The average molecular weight is 375 g/mol. The summed E-state index contributed by atoms with van der Waals surface area (Å²) in [4.78, 5) is 16.9. The van der Waals surface area contributed by atoms with E-state index < -0.39 is 11.6 Å². The lowest BCUT2D eigenvalue weighted by Crippen LogP contribution is -2.59. The van der Waals surface area contributed by atoms with Gasteiger partial charge in [-0.2, -0.15) is 0 Å². The number of ether oxygens (including phenoxy) is 2. The van der Waals surface area contributed by atoms with Gasteiger partial charge in [-0.05, 0) is 37.1 Å². The van der Waals surface area contributed by atoms with E-state index in [1.165, 1.54) is 7.11 Å². The number of carbonyl (C=O) groups excluding carboxylic acids is 1. The van der Waals surface area contributed by atoms with Gasteiger partial charge in [0.2, 0.25) is 0 Å². The molecule has 0 unspecified atom stereocenters. The summed E-state index contributed by atoms with van der Waals surface area (Å²) in [7, 11) is 1.45. The van der Waals surface area contributed by atoms with Gasteiger partial charge < -0.3 is 20.1 Å². The molecule has 2 fully saturated rings. The van der Waals surface area contributed by atoms with Crippen molar-refractivity contribution in [3.8, 4) is 5.75 Å². The largest absolute Gasteiger partial charge is 0.494 e. The van der Waals surface area contributed by atoms with Crippen molar-refractivity contribution in [2.45, 2.75) is 18.9 Å².